The standard InChI is InChI=1S/C12H18N2O2/c1-4-7-12(3,11(15)16)14-10-6-5-9(2)8-13-10/h5-6,8H,4,7H2,1-3H3,(H,13,14)(H,15,16). The smallest absolute Gasteiger partial charge is 0.329 e. The molecule has 0 aliphatic carbocycles. The van der Waals surface area contributed by atoms with Crippen LogP contribution in [-0.4, -0.2) is 21.6 Å². The van der Waals surface area contributed by atoms with E-state index in [0.717, 1.165) is 12.0 Å². The number of carboxylic acids is 1. The van der Waals surface area contributed by atoms with Crippen molar-refractivity contribution in [3.05, 3.63) is 23.9 Å². The molecule has 4 heteroatoms. The van der Waals surface area contributed by atoms with Gasteiger partial charge >= 0.3 is 5.97 Å². The number of hydrogen-bond acceptors (Lipinski definition) is 3. The molecule has 0 aromatic carbocycles. The lowest BCUT2D eigenvalue weighted by Crippen LogP contribution is -2.43. The summed E-state index contributed by atoms with van der Waals surface area (Å²) in [5, 5.41) is 12.2. The molecule has 0 fully saturated rings. The largest absolute Gasteiger partial charge is 0.480 e. The lowest BCUT2D eigenvalue weighted by Gasteiger charge is -2.26. The Hall–Kier alpha value is -1.58. The van der Waals surface area contributed by atoms with Crippen LogP contribution in [0.4, 0.5) is 5.82 Å². The summed E-state index contributed by atoms with van der Waals surface area (Å²) in [5.74, 6) is -0.249. The molecule has 0 bridgehead atoms. The molecular formula is C12H18N2O2. The molecule has 1 aromatic heterocycles. The molecule has 0 amide bonds. The van der Waals surface area contributed by atoms with E-state index >= 15 is 0 Å². The molecule has 2 N–H and O–H groups in total. The third-order valence-corrected chi connectivity index (χ3v) is 2.54. The van der Waals surface area contributed by atoms with Gasteiger partial charge in [-0.1, -0.05) is 19.4 Å². The maximum absolute atomic E-state index is 11.2. The lowest BCUT2D eigenvalue weighted by atomic mass is 9.96. The molecule has 88 valence electrons. The van der Waals surface area contributed by atoms with Crippen LogP contribution >= 0.6 is 0 Å². The van der Waals surface area contributed by atoms with Gasteiger partial charge in [0.2, 0.25) is 0 Å². The minimum atomic E-state index is -0.947. The van der Waals surface area contributed by atoms with Crippen molar-refractivity contribution in [2.45, 2.75) is 39.2 Å². The zero-order chi connectivity index (χ0) is 12.2. The highest BCUT2D eigenvalue weighted by Crippen LogP contribution is 2.19. The zero-order valence-corrected chi connectivity index (χ0v) is 9.95. The van der Waals surface area contributed by atoms with Gasteiger partial charge < -0.3 is 10.4 Å². The average molecular weight is 222 g/mol. The SMILES string of the molecule is CCCC(C)(Nc1ccc(C)cn1)C(=O)O. The summed E-state index contributed by atoms with van der Waals surface area (Å²) in [6.45, 7) is 5.59. The number of carboxylic acid groups (broad SMARTS) is 1. The number of carbonyl (C=O) groups is 1. The van der Waals surface area contributed by atoms with Gasteiger partial charge in [0.05, 0.1) is 0 Å². The second-order valence-electron chi connectivity index (χ2n) is 4.23. The molecule has 0 radical (unpaired) electrons. The molecular weight excluding hydrogens is 204 g/mol. The molecule has 1 heterocycles. The van der Waals surface area contributed by atoms with Crippen LogP contribution in [0.2, 0.25) is 0 Å². The van der Waals surface area contributed by atoms with Gasteiger partial charge in [-0.15, -0.1) is 0 Å². The highest BCUT2D eigenvalue weighted by Gasteiger charge is 2.32. The van der Waals surface area contributed by atoms with E-state index in [1.807, 2.05) is 19.9 Å². The Morgan fingerprint density at radius 3 is 2.69 bits per heavy atom. The maximum atomic E-state index is 11.2. The highest BCUT2D eigenvalue weighted by atomic mass is 16.4. The van der Waals surface area contributed by atoms with E-state index in [1.54, 1.807) is 19.2 Å². The Kier molecular flexibility index (Phi) is 3.88. The Bertz CT molecular complexity index is 362. The normalized spacial score (nSPS) is 14.2. The number of nitrogens with zero attached hydrogens (tertiary/aromatic N) is 1. The van der Waals surface area contributed by atoms with Crippen molar-refractivity contribution >= 4 is 11.8 Å². The van der Waals surface area contributed by atoms with Crippen LogP contribution in [0.3, 0.4) is 0 Å². The van der Waals surface area contributed by atoms with Crippen LogP contribution in [0.5, 0.6) is 0 Å². The predicted octanol–water partition coefficient (Wildman–Crippen LogP) is 2.45. The fourth-order valence-corrected chi connectivity index (χ4v) is 1.55. The molecule has 0 saturated carbocycles. The van der Waals surface area contributed by atoms with Crippen LogP contribution in [0.15, 0.2) is 18.3 Å². The van der Waals surface area contributed by atoms with Crippen molar-refractivity contribution in [2.75, 3.05) is 5.32 Å². The Labute approximate surface area is 95.7 Å². The van der Waals surface area contributed by atoms with Crippen molar-refractivity contribution in [2.24, 2.45) is 0 Å². The van der Waals surface area contributed by atoms with E-state index < -0.39 is 11.5 Å². The Morgan fingerprint density at radius 1 is 1.56 bits per heavy atom. The van der Waals surface area contributed by atoms with Gasteiger partial charge in [0.25, 0.3) is 0 Å². The predicted molar refractivity (Wildman–Crippen MR) is 63.5 cm³/mol. The first kappa shape index (κ1) is 12.5. The van der Waals surface area contributed by atoms with Crippen LogP contribution in [0, 0.1) is 6.92 Å². The molecule has 4 nitrogen and oxygen atoms in total. The summed E-state index contributed by atoms with van der Waals surface area (Å²) in [6, 6.07) is 3.70. The summed E-state index contributed by atoms with van der Waals surface area (Å²) in [5.41, 5.74) is 0.106. The van der Waals surface area contributed by atoms with Crippen molar-refractivity contribution < 1.29 is 9.90 Å². The monoisotopic (exact) mass is 222 g/mol. The van der Waals surface area contributed by atoms with Crippen molar-refractivity contribution in [1.82, 2.24) is 4.98 Å². The molecule has 0 aliphatic heterocycles. The van der Waals surface area contributed by atoms with E-state index in [0.29, 0.717) is 12.2 Å². The first-order valence-electron chi connectivity index (χ1n) is 5.42. The summed E-state index contributed by atoms with van der Waals surface area (Å²) < 4.78 is 0. The number of nitrogens with one attached hydrogen (secondary N) is 1. The van der Waals surface area contributed by atoms with E-state index in [-0.39, 0.29) is 0 Å². The van der Waals surface area contributed by atoms with Crippen molar-refractivity contribution in [3.8, 4) is 0 Å². The lowest BCUT2D eigenvalue weighted by molar-refractivity contribution is -0.142. The number of aliphatic carboxylic acids is 1. The number of rotatable bonds is 5. The van der Waals surface area contributed by atoms with E-state index in [4.69, 9.17) is 0 Å². The second-order valence-corrected chi connectivity index (χ2v) is 4.23. The minimum absolute atomic E-state index is 0.567. The Morgan fingerprint density at radius 2 is 2.25 bits per heavy atom. The molecule has 0 aliphatic rings. The van der Waals surface area contributed by atoms with Gasteiger partial charge in [0.15, 0.2) is 0 Å². The fourth-order valence-electron chi connectivity index (χ4n) is 1.55. The summed E-state index contributed by atoms with van der Waals surface area (Å²) in [4.78, 5) is 15.3. The van der Waals surface area contributed by atoms with E-state index in [9.17, 15) is 9.90 Å². The quantitative estimate of drug-likeness (QED) is 0.803. The van der Waals surface area contributed by atoms with E-state index in [1.165, 1.54) is 0 Å². The molecule has 16 heavy (non-hydrogen) atoms. The molecule has 0 saturated heterocycles. The second kappa shape index (κ2) is 4.96. The molecule has 1 aromatic rings. The number of hydrogen-bond donors (Lipinski definition) is 2. The number of anilines is 1. The first-order valence-corrected chi connectivity index (χ1v) is 5.42. The van der Waals surface area contributed by atoms with Gasteiger partial charge in [0, 0.05) is 6.20 Å². The summed E-state index contributed by atoms with van der Waals surface area (Å²) in [6.07, 6.45) is 3.09. The van der Waals surface area contributed by atoms with Crippen LogP contribution in [0.1, 0.15) is 32.3 Å². The summed E-state index contributed by atoms with van der Waals surface area (Å²) in [7, 11) is 0. The molecule has 0 spiro atoms. The van der Waals surface area contributed by atoms with Crippen LogP contribution < -0.4 is 5.32 Å². The van der Waals surface area contributed by atoms with Crippen LogP contribution in [0.25, 0.3) is 0 Å². The topological polar surface area (TPSA) is 62.2 Å². The summed E-state index contributed by atoms with van der Waals surface area (Å²) >= 11 is 0. The number of aryl methyl sites for hydroxylation is 1. The minimum Gasteiger partial charge on any atom is -0.480 e. The zero-order valence-electron chi connectivity index (χ0n) is 9.95. The van der Waals surface area contributed by atoms with Gasteiger partial charge in [-0.05, 0) is 31.9 Å². The van der Waals surface area contributed by atoms with Gasteiger partial charge in [-0.25, -0.2) is 9.78 Å². The number of pyridine rings is 1. The Balaban J connectivity index is 2.83. The first-order chi connectivity index (χ1) is 7.48. The van der Waals surface area contributed by atoms with E-state index in [2.05, 4.69) is 10.3 Å². The third-order valence-electron chi connectivity index (χ3n) is 2.54. The van der Waals surface area contributed by atoms with Crippen LogP contribution in [-0.2, 0) is 4.79 Å². The van der Waals surface area contributed by atoms with Crippen molar-refractivity contribution in [3.63, 3.8) is 0 Å². The highest BCUT2D eigenvalue weighted by molar-refractivity contribution is 5.81. The van der Waals surface area contributed by atoms with Gasteiger partial charge in [-0.3, -0.25) is 0 Å². The number of aromatic nitrogens is 1. The van der Waals surface area contributed by atoms with Gasteiger partial charge in [-0.2, -0.15) is 0 Å². The average Bonchev–Trinajstić information content (AvgIpc) is 2.22. The van der Waals surface area contributed by atoms with Gasteiger partial charge in [0.1, 0.15) is 11.4 Å². The maximum Gasteiger partial charge on any atom is 0.329 e. The fraction of sp³-hybridized carbons (Fsp3) is 0.500. The third kappa shape index (κ3) is 2.95. The molecule has 1 unspecified atom stereocenters. The molecule has 1 atom stereocenters. The van der Waals surface area contributed by atoms with Crippen molar-refractivity contribution in [1.29, 1.82) is 0 Å². The molecule has 1 rings (SSSR count).